The summed E-state index contributed by atoms with van der Waals surface area (Å²) in [6, 6.07) is 7.86. The Balaban J connectivity index is 2.77. The molecule has 2 nitrogen and oxygen atoms in total. The van der Waals surface area contributed by atoms with Gasteiger partial charge < -0.3 is 9.53 Å². The first-order valence-corrected chi connectivity index (χ1v) is 5.15. The minimum absolute atomic E-state index is 0.597. The molecule has 0 bridgehead atoms. The zero-order valence-electron chi connectivity index (χ0n) is 8.29. The van der Waals surface area contributed by atoms with Crippen LogP contribution in [0.15, 0.2) is 28.7 Å². The summed E-state index contributed by atoms with van der Waals surface area (Å²) in [4.78, 5) is 10.8. The molecule has 0 fully saturated rings. The fraction of sp³-hybridized carbons (Fsp3) is 0.364. The van der Waals surface area contributed by atoms with Crippen molar-refractivity contribution < 1.29 is 9.53 Å². The molecule has 0 aromatic heterocycles. The Hall–Kier alpha value is -0.670. The summed E-state index contributed by atoms with van der Waals surface area (Å²) in [5.41, 5.74) is 0.373. The molecule has 1 rings (SSSR count). The van der Waals surface area contributed by atoms with Crippen LogP contribution in [0.5, 0.6) is 0 Å². The zero-order valence-corrected chi connectivity index (χ0v) is 9.87. The van der Waals surface area contributed by atoms with Crippen molar-refractivity contribution in [2.75, 3.05) is 7.11 Å². The lowest BCUT2D eigenvalue weighted by Gasteiger charge is -2.21. The van der Waals surface area contributed by atoms with E-state index in [1.165, 1.54) is 0 Å². The second-order valence-electron chi connectivity index (χ2n) is 3.44. The smallest absolute Gasteiger partial charge is 0.151 e. The molecule has 14 heavy (non-hydrogen) atoms. The van der Waals surface area contributed by atoms with Crippen LogP contribution in [0.4, 0.5) is 0 Å². The highest BCUT2D eigenvalue weighted by Crippen LogP contribution is 2.17. The van der Waals surface area contributed by atoms with Gasteiger partial charge in [-0.3, -0.25) is 0 Å². The predicted octanol–water partition coefficient (Wildman–Crippen LogP) is 2.60. The Morgan fingerprint density at radius 1 is 1.43 bits per heavy atom. The van der Waals surface area contributed by atoms with Crippen molar-refractivity contribution in [3.05, 3.63) is 34.3 Å². The van der Waals surface area contributed by atoms with Gasteiger partial charge in [-0.05, 0) is 24.6 Å². The van der Waals surface area contributed by atoms with E-state index in [0.29, 0.717) is 6.42 Å². The van der Waals surface area contributed by atoms with Crippen LogP contribution in [0.3, 0.4) is 0 Å². The van der Waals surface area contributed by atoms with E-state index in [9.17, 15) is 4.79 Å². The predicted molar refractivity (Wildman–Crippen MR) is 59.3 cm³/mol. The van der Waals surface area contributed by atoms with Gasteiger partial charge in [-0.2, -0.15) is 0 Å². The average molecular weight is 257 g/mol. The first-order chi connectivity index (χ1) is 6.59. The highest BCUT2D eigenvalue weighted by molar-refractivity contribution is 9.10. The van der Waals surface area contributed by atoms with Crippen molar-refractivity contribution in [1.29, 1.82) is 0 Å². The second kappa shape index (κ2) is 4.71. The van der Waals surface area contributed by atoms with E-state index >= 15 is 0 Å². The summed E-state index contributed by atoms with van der Waals surface area (Å²) in [7, 11) is 1.55. The largest absolute Gasteiger partial charge is 0.371 e. The van der Waals surface area contributed by atoms with Crippen molar-refractivity contribution in [2.45, 2.75) is 18.9 Å². The van der Waals surface area contributed by atoms with E-state index in [0.717, 1.165) is 16.3 Å². The zero-order chi connectivity index (χ0) is 10.6. The number of carbonyl (C=O) groups is 1. The number of halogens is 1. The van der Waals surface area contributed by atoms with Crippen LogP contribution >= 0.6 is 15.9 Å². The quantitative estimate of drug-likeness (QED) is 0.775. The first-order valence-electron chi connectivity index (χ1n) is 4.35. The molecule has 0 amide bonds. The first kappa shape index (κ1) is 11.4. The third-order valence-electron chi connectivity index (χ3n) is 2.18. The van der Waals surface area contributed by atoms with Gasteiger partial charge >= 0.3 is 0 Å². The number of ether oxygens (including phenoxy) is 1. The number of rotatable bonds is 4. The monoisotopic (exact) mass is 256 g/mol. The fourth-order valence-electron chi connectivity index (χ4n) is 1.17. The number of benzene rings is 1. The lowest BCUT2D eigenvalue weighted by molar-refractivity contribution is -0.125. The lowest BCUT2D eigenvalue weighted by atomic mass is 9.98. The fourth-order valence-corrected chi connectivity index (χ4v) is 1.43. The maximum absolute atomic E-state index is 10.8. The van der Waals surface area contributed by atoms with Crippen LogP contribution in [0, 0.1) is 0 Å². The van der Waals surface area contributed by atoms with Gasteiger partial charge in [0, 0.05) is 18.0 Å². The van der Waals surface area contributed by atoms with E-state index < -0.39 is 5.60 Å². The summed E-state index contributed by atoms with van der Waals surface area (Å²) >= 11 is 3.36. The summed E-state index contributed by atoms with van der Waals surface area (Å²) in [6.07, 6.45) is 1.44. The van der Waals surface area contributed by atoms with Gasteiger partial charge in [0.05, 0.1) is 0 Å². The molecule has 0 spiro atoms. The average Bonchev–Trinajstić information content (AvgIpc) is 2.21. The van der Waals surface area contributed by atoms with Crippen molar-refractivity contribution in [3.8, 4) is 0 Å². The normalized spacial score (nSPS) is 14.8. The van der Waals surface area contributed by atoms with Gasteiger partial charge in [0.15, 0.2) is 6.29 Å². The molecule has 1 aromatic carbocycles. The van der Waals surface area contributed by atoms with Crippen LogP contribution in [0.1, 0.15) is 12.5 Å². The molecule has 0 aliphatic rings. The van der Waals surface area contributed by atoms with Crippen LogP contribution in [0.2, 0.25) is 0 Å². The topological polar surface area (TPSA) is 26.3 Å². The van der Waals surface area contributed by atoms with Gasteiger partial charge in [0.25, 0.3) is 0 Å². The summed E-state index contributed by atoms with van der Waals surface area (Å²) < 4.78 is 6.18. The number of carbonyl (C=O) groups excluding carboxylic acids is 1. The van der Waals surface area contributed by atoms with Gasteiger partial charge in [0.2, 0.25) is 0 Å². The maximum Gasteiger partial charge on any atom is 0.151 e. The Bertz CT molecular complexity index is 308. The van der Waals surface area contributed by atoms with Crippen molar-refractivity contribution in [2.24, 2.45) is 0 Å². The minimum Gasteiger partial charge on any atom is -0.371 e. The Kier molecular flexibility index (Phi) is 3.84. The van der Waals surface area contributed by atoms with Crippen LogP contribution in [0.25, 0.3) is 0 Å². The van der Waals surface area contributed by atoms with Crippen molar-refractivity contribution in [1.82, 2.24) is 0 Å². The molecule has 0 heterocycles. The number of aldehydes is 1. The molecule has 0 aliphatic heterocycles. The molecule has 0 saturated carbocycles. The maximum atomic E-state index is 10.8. The summed E-state index contributed by atoms with van der Waals surface area (Å²) in [5, 5.41) is 0. The molecular formula is C11H13BrO2. The van der Waals surface area contributed by atoms with Gasteiger partial charge in [0.1, 0.15) is 5.60 Å². The summed E-state index contributed by atoms with van der Waals surface area (Å²) in [5.74, 6) is 0. The molecule has 0 N–H and O–H groups in total. The lowest BCUT2D eigenvalue weighted by Crippen LogP contribution is -2.31. The van der Waals surface area contributed by atoms with Crippen LogP contribution in [-0.2, 0) is 16.0 Å². The highest BCUT2D eigenvalue weighted by atomic mass is 79.9. The SMILES string of the molecule is COC(C)(C=O)Cc1ccc(Br)cc1. The molecule has 0 radical (unpaired) electrons. The molecule has 1 atom stereocenters. The van der Waals surface area contributed by atoms with E-state index in [4.69, 9.17) is 4.74 Å². The number of methoxy groups -OCH3 is 1. The number of hydrogen-bond donors (Lipinski definition) is 0. The molecule has 0 aliphatic carbocycles. The van der Waals surface area contributed by atoms with Crippen LogP contribution < -0.4 is 0 Å². The second-order valence-corrected chi connectivity index (χ2v) is 4.35. The van der Waals surface area contributed by atoms with Gasteiger partial charge in [-0.15, -0.1) is 0 Å². The van der Waals surface area contributed by atoms with Gasteiger partial charge in [-0.25, -0.2) is 0 Å². The third kappa shape index (κ3) is 2.93. The third-order valence-corrected chi connectivity index (χ3v) is 2.71. The molecular weight excluding hydrogens is 244 g/mol. The molecule has 76 valence electrons. The highest BCUT2D eigenvalue weighted by Gasteiger charge is 2.22. The Morgan fingerprint density at radius 2 is 2.00 bits per heavy atom. The van der Waals surface area contributed by atoms with Crippen molar-refractivity contribution in [3.63, 3.8) is 0 Å². The van der Waals surface area contributed by atoms with Crippen LogP contribution in [-0.4, -0.2) is 19.0 Å². The van der Waals surface area contributed by atoms with Gasteiger partial charge in [-0.1, -0.05) is 28.1 Å². The molecule has 3 heteroatoms. The van der Waals surface area contributed by atoms with E-state index in [1.807, 2.05) is 24.3 Å². The van der Waals surface area contributed by atoms with E-state index in [1.54, 1.807) is 14.0 Å². The minimum atomic E-state index is -0.714. The number of hydrogen-bond acceptors (Lipinski definition) is 2. The van der Waals surface area contributed by atoms with Crippen molar-refractivity contribution >= 4 is 22.2 Å². The Labute approximate surface area is 92.4 Å². The molecule has 1 unspecified atom stereocenters. The van der Waals surface area contributed by atoms with E-state index in [2.05, 4.69) is 15.9 Å². The summed E-state index contributed by atoms with van der Waals surface area (Å²) in [6.45, 7) is 1.78. The molecule has 1 aromatic rings. The Morgan fingerprint density at radius 3 is 2.43 bits per heavy atom. The standard InChI is InChI=1S/C11H13BrO2/c1-11(8-13,14-2)7-9-3-5-10(12)6-4-9/h3-6,8H,7H2,1-2H3. The van der Waals surface area contributed by atoms with E-state index in [-0.39, 0.29) is 0 Å². The molecule has 0 saturated heterocycles.